The molecule has 0 atom stereocenters. The summed E-state index contributed by atoms with van der Waals surface area (Å²) in [5, 5.41) is 8.46. The van der Waals surface area contributed by atoms with Gasteiger partial charge >= 0.3 is 0 Å². The number of hydrogen-bond donors (Lipinski definition) is 1. The third-order valence-electron chi connectivity index (χ3n) is 3.00. The maximum atomic E-state index is 12.3. The van der Waals surface area contributed by atoms with Crippen LogP contribution in [0.1, 0.15) is 15.4 Å². The second-order valence-corrected chi connectivity index (χ2v) is 5.93. The molecule has 4 nitrogen and oxygen atoms in total. The Bertz CT molecular complexity index is 806. The van der Waals surface area contributed by atoms with Gasteiger partial charge in [0.15, 0.2) is 0 Å². The highest BCUT2D eigenvalue weighted by Gasteiger charge is 2.18. The van der Waals surface area contributed by atoms with Crippen molar-refractivity contribution in [3.8, 4) is 0 Å². The molecule has 102 valence electrons. The molecule has 1 N–H and O–H groups in total. The van der Waals surface area contributed by atoms with E-state index in [4.69, 9.17) is 11.6 Å². The molecule has 0 aliphatic rings. The van der Waals surface area contributed by atoms with Crippen molar-refractivity contribution in [2.24, 2.45) is 7.05 Å². The highest BCUT2D eigenvalue weighted by atomic mass is 35.5. The minimum atomic E-state index is -0.202. The monoisotopic (exact) mass is 305 g/mol. The number of carbonyl (C=O) groups is 1. The van der Waals surface area contributed by atoms with Crippen LogP contribution in [0.5, 0.6) is 0 Å². The van der Waals surface area contributed by atoms with Crippen LogP contribution in [0.15, 0.2) is 30.5 Å². The maximum Gasteiger partial charge on any atom is 0.267 e. The largest absolute Gasteiger partial charge is 0.318 e. The molecule has 1 amide bonds. The molecule has 0 aliphatic heterocycles. The molecule has 0 radical (unpaired) electrons. The summed E-state index contributed by atoms with van der Waals surface area (Å²) < 4.78 is 2.67. The van der Waals surface area contributed by atoms with E-state index >= 15 is 0 Å². The fourth-order valence-corrected chi connectivity index (χ4v) is 3.47. The Kier molecular flexibility index (Phi) is 3.23. The summed E-state index contributed by atoms with van der Waals surface area (Å²) in [6.07, 6.45) is 1.77. The Morgan fingerprint density at radius 3 is 2.80 bits per heavy atom. The standard InChI is InChI=1S/C14H12ClN3OS/c1-8-10(7-18(2)17-8)16-14(19)13-12(15)9-5-3-4-6-11(9)20-13/h3-7H,1-2H3,(H,16,19). The summed E-state index contributed by atoms with van der Waals surface area (Å²) >= 11 is 7.68. The first kappa shape index (κ1) is 13.1. The zero-order chi connectivity index (χ0) is 14.3. The van der Waals surface area contributed by atoms with Gasteiger partial charge in [-0.25, -0.2) is 0 Å². The summed E-state index contributed by atoms with van der Waals surface area (Å²) in [6.45, 7) is 1.85. The minimum absolute atomic E-state index is 0.202. The van der Waals surface area contributed by atoms with Gasteiger partial charge in [-0.3, -0.25) is 9.48 Å². The highest BCUT2D eigenvalue weighted by molar-refractivity contribution is 7.21. The summed E-state index contributed by atoms with van der Waals surface area (Å²) in [4.78, 5) is 12.9. The summed E-state index contributed by atoms with van der Waals surface area (Å²) in [5.74, 6) is -0.202. The van der Waals surface area contributed by atoms with Crippen molar-refractivity contribution in [1.29, 1.82) is 0 Å². The Hall–Kier alpha value is -1.85. The van der Waals surface area contributed by atoms with Crippen LogP contribution in [0.3, 0.4) is 0 Å². The second kappa shape index (κ2) is 4.92. The number of thiophene rings is 1. The van der Waals surface area contributed by atoms with Crippen molar-refractivity contribution in [3.05, 3.63) is 46.1 Å². The summed E-state index contributed by atoms with van der Waals surface area (Å²) in [6, 6.07) is 7.72. The Balaban J connectivity index is 1.96. The first-order chi connectivity index (χ1) is 9.56. The van der Waals surface area contributed by atoms with E-state index in [0.717, 1.165) is 15.8 Å². The Morgan fingerprint density at radius 1 is 1.40 bits per heavy atom. The number of fused-ring (bicyclic) bond motifs is 1. The molecule has 0 aliphatic carbocycles. The lowest BCUT2D eigenvalue weighted by molar-refractivity contribution is 0.103. The predicted octanol–water partition coefficient (Wildman–Crippen LogP) is 3.85. The quantitative estimate of drug-likeness (QED) is 0.781. The zero-order valence-electron chi connectivity index (χ0n) is 11.0. The maximum absolute atomic E-state index is 12.3. The van der Waals surface area contributed by atoms with Crippen LogP contribution in [0.25, 0.3) is 10.1 Å². The lowest BCUT2D eigenvalue weighted by Crippen LogP contribution is -2.10. The number of rotatable bonds is 2. The number of halogens is 1. The van der Waals surface area contributed by atoms with Crippen LogP contribution in [-0.4, -0.2) is 15.7 Å². The van der Waals surface area contributed by atoms with Crippen molar-refractivity contribution in [3.63, 3.8) is 0 Å². The molecule has 0 fully saturated rings. The van der Waals surface area contributed by atoms with Crippen LogP contribution in [0, 0.1) is 6.92 Å². The van der Waals surface area contributed by atoms with Crippen LogP contribution >= 0.6 is 22.9 Å². The fraction of sp³-hybridized carbons (Fsp3) is 0.143. The SMILES string of the molecule is Cc1nn(C)cc1NC(=O)c1sc2ccccc2c1Cl. The number of nitrogens with one attached hydrogen (secondary N) is 1. The van der Waals surface area contributed by atoms with Gasteiger partial charge in [0.25, 0.3) is 5.91 Å². The first-order valence-electron chi connectivity index (χ1n) is 6.05. The van der Waals surface area contributed by atoms with Gasteiger partial charge in [0.1, 0.15) is 4.88 Å². The van der Waals surface area contributed by atoms with Gasteiger partial charge in [-0.05, 0) is 13.0 Å². The molecule has 3 rings (SSSR count). The van der Waals surface area contributed by atoms with Crippen molar-refractivity contribution < 1.29 is 4.79 Å². The number of nitrogens with zero attached hydrogens (tertiary/aromatic N) is 2. The topological polar surface area (TPSA) is 46.9 Å². The molecule has 0 saturated heterocycles. The Labute approximate surface area is 125 Å². The van der Waals surface area contributed by atoms with Crippen LogP contribution in [0.2, 0.25) is 5.02 Å². The third-order valence-corrected chi connectivity index (χ3v) is 4.68. The molecule has 0 unspecified atom stereocenters. The highest BCUT2D eigenvalue weighted by Crippen LogP contribution is 2.35. The van der Waals surface area contributed by atoms with E-state index in [-0.39, 0.29) is 5.91 Å². The Morgan fingerprint density at radius 2 is 2.15 bits per heavy atom. The zero-order valence-corrected chi connectivity index (χ0v) is 12.5. The normalized spacial score (nSPS) is 10.9. The molecule has 6 heteroatoms. The molecule has 3 aromatic rings. The number of aromatic nitrogens is 2. The van der Waals surface area contributed by atoms with E-state index in [0.29, 0.717) is 15.6 Å². The van der Waals surface area contributed by atoms with E-state index in [9.17, 15) is 4.79 Å². The minimum Gasteiger partial charge on any atom is -0.318 e. The van der Waals surface area contributed by atoms with Gasteiger partial charge in [-0.1, -0.05) is 29.8 Å². The molecule has 2 heterocycles. The molecule has 0 spiro atoms. The van der Waals surface area contributed by atoms with E-state index < -0.39 is 0 Å². The molecule has 1 aromatic carbocycles. The van der Waals surface area contributed by atoms with Gasteiger partial charge in [0.05, 0.1) is 16.4 Å². The molecule has 2 aromatic heterocycles. The lowest BCUT2D eigenvalue weighted by atomic mass is 10.2. The molecular weight excluding hydrogens is 294 g/mol. The van der Waals surface area contributed by atoms with E-state index in [1.807, 2.05) is 38.2 Å². The smallest absolute Gasteiger partial charge is 0.267 e. The molecule has 0 bridgehead atoms. The average Bonchev–Trinajstić information content (AvgIpc) is 2.91. The van der Waals surface area contributed by atoms with Crippen LogP contribution in [0.4, 0.5) is 5.69 Å². The van der Waals surface area contributed by atoms with Crippen LogP contribution < -0.4 is 5.32 Å². The molecule has 0 saturated carbocycles. The molecular formula is C14H12ClN3OS. The lowest BCUT2D eigenvalue weighted by Gasteiger charge is -2.01. The van der Waals surface area contributed by atoms with Crippen LogP contribution in [-0.2, 0) is 7.05 Å². The summed E-state index contributed by atoms with van der Waals surface area (Å²) in [7, 11) is 1.81. The summed E-state index contributed by atoms with van der Waals surface area (Å²) in [5.41, 5.74) is 1.48. The molecule has 20 heavy (non-hydrogen) atoms. The van der Waals surface area contributed by atoms with Crippen molar-refractivity contribution >= 4 is 44.6 Å². The van der Waals surface area contributed by atoms with E-state index in [2.05, 4.69) is 10.4 Å². The fourth-order valence-electron chi connectivity index (χ4n) is 2.06. The van der Waals surface area contributed by atoms with Gasteiger partial charge in [0.2, 0.25) is 0 Å². The van der Waals surface area contributed by atoms with Crippen molar-refractivity contribution in [1.82, 2.24) is 9.78 Å². The van der Waals surface area contributed by atoms with E-state index in [1.165, 1.54) is 11.3 Å². The van der Waals surface area contributed by atoms with Gasteiger partial charge in [0, 0.05) is 23.3 Å². The van der Waals surface area contributed by atoms with E-state index in [1.54, 1.807) is 10.9 Å². The average molecular weight is 306 g/mol. The number of carbonyl (C=O) groups excluding carboxylic acids is 1. The number of amides is 1. The first-order valence-corrected chi connectivity index (χ1v) is 7.24. The van der Waals surface area contributed by atoms with Gasteiger partial charge in [-0.2, -0.15) is 5.10 Å². The number of benzene rings is 1. The predicted molar refractivity (Wildman–Crippen MR) is 82.7 cm³/mol. The number of hydrogen-bond acceptors (Lipinski definition) is 3. The number of aryl methyl sites for hydroxylation is 2. The second-order valence-electron chi connectivity index (χ2n) is 4.50. The number of anilines is 1. The van der Waals surface area contributed by atoms with Crippen molar-refractivity contribution in [2.45, 2.75) is 6.92 Å². The van der Waals surface area contributed by atoms with Gasteiger partial charge in [-0.15, -0.1) is 11.3 Å². The third kappa shape index (κ3) is 2.19. The van der Waals surface area contributed by atoms with Crippen molar-refractivity contribution in [2.75, 3.05) is 5.32 Å². The van der Waals surface area contributed by atoms with Gasteiger partial charge < -0.3 is 5.32 Å².